The van der Waals surface area contributed by atoms with Gasteiger partial charge < -0.3 is 0 Å². The molecule has 0 spiro atoms. The molecule has 2 aromatic rings. The predicted octanol–water partition coefficient (Wildman–Crippen LogP) is 8.53. The molecule has 6 rings (SSSR count). The number of hydrogen-bond donors (Lipinski definition) is 0. The lowest BCUT2D eigenvalue weighted by Gasteiger charge is -2.39. The first-order valence-electron chi connectivity index (χ1n) is 15.0. The van der Waals surface area contributed by atoms with Gasteiger partial charge in [-0.15, -0.1) is 0 Å². The van der Waals surface area contributed by atoms with Crippen molar-refractivity contribution in [2.24, 2.45) is 46.3 Å². The van der Waals surface area contributed by atoms with Gasteiger partial charge in [0.25, 0.3) is 0 Å². The quantitative estimate of drug-likeness (QED) is 0.404. The van der Waals surface area contributed by atoms with E-state index in [-0.39, 0.29) is 5.41 Å². The summed E-state index contributed by atoms with van der Waals surface area (Å²) in [5, 5.41) is 5.89. The van der Waals surface area contributed by atoms with Gasteiger partial charge >= 0.3 is 0 Å². The van der Waals surface area contributed by atoms with Crippen molar-refractivity contribution in [3.05, 3.63) is 52.4 Å². The summed E-state index contributed by atoms with van der Waals surface area (Å²) in [6, 6.07) is 9.64. The summed E-state index contributed by atoms with van der Waals surface area (Å²) >= 11 is 0. The van der Waals surface area contributed by atoms with Crippen LogP contribution in [-0.4, -0.2) is 0 Å². The van der Waals surface area contributed by atoms with Gasteiger partial charge in [-0.05, 0) is 124 Å². The van der Waals surface area contributed by atoms with Crippen LogP contribution in [0.25, 0.3) is 28.5 Å². The Labute approximate surface area is 220 Å². The molecule has 0 bridgehead atoms. The smallest absolute Gasteiger partial charge is 0.00308 e. The molecular weight excluding hydrogens is 432 g/mol. The van der Waals surface area contributed by atoms with Crippen molar-refractivity contribution in [3.8, 4) is 0 Å². The molecule has 192 valence electrons. The minimum atomic E-state index is 0.283. The second kappa shape index (κ2) is 8.61. The fourth-order valence-electron chi connectivity index (χ4n) is 9.36. The molecule has 2 aromatic carbocycles. The van der Waals surface area contributed by atoms with E-state index >= 15 is 0 Å². The van der Waals surface area contributed by atoms with Gasteiger partial charge in [0, 0.05) is 0 Å². The molecule has 0 aromatic heterocycles. The van der Waals surface area contributed by atoms with E-state index in [9.17, 15) is 0 Å². The molecule has 0 amide bonds. The third kappa shape index (κ3) is 3.85. The maximum absolute atomic E-state index is 4.40. The van der Waals surface area contributed by atoms with Gasteiger partial charge in [0.05, 0.1) is 0 Å². The monoisotopic (exact) mass is 480 g/mol. The molecule has 36 heavy (non-hydrogen) atoms. The molecule has 6 atom stereocenters. The molecule has 0 aliphatic heterocycles. The number of rotatable bonds is 2. The zero-order valence-corrected chi connectivity index (χ0v) is 23.8. The molecule has 0 heteroatoms. The van der Waals surface area contributed by atoms with E-state index in [0.717, 1.165) is 30.1 Å². The van der Waals surface area contributed by atoms with Crippen LogP contribution < -0.4 is 10.4 Å². The maximum atomic E-state index is 4.40. The van der Waals surface area contributed by atoms with Gasteiger partial charge in [0.15, 0.2) is 0 Å². The first kappa shape index (κ1) is 24.5. The highest BCUT2D eigenvalue weighted by molar-refractivity contribution is 5.97. The molecule has 0 radical (unpaired) electrons. The van der Waals surface area contributed by atoms with Gasteiger partial charge in [-0.3, -0.25) is 0 Å². The van der Waals surface area contributed by atoms with Crippen molar-refractivity contribution in [3.63, 3.8) is 0 Å². The lowest BCUT2D eigenvalue weighted by molar-refractivity contribution is 0.115. The Bertz CT molecular complexity index is 1310. The van der Waals surface area contributed by atoms with Crippen LogP contribution in [0, 0.1) is 46.3 Å². The molecule has 3 unspecified atom stereocenters. The fourth-order valence-corrected chi connectivity index (χ4v) is 9.36. The number of allylic oxidation sites excluding steroid dienone is 1. The first-order chi connectivity index (χ1) is 17.1. The Morgan fingerprint density at radius 3 is 2.42 bits per heavy atom. The average Bonchev–Trinajstić information content (AvgIpc) is 3.06. The van der Waals surface area contributed by atoms with Crippen LogP contribution in [-0.2, 0) is 6.42 Å². The highest BCUT2D eigenvalue weighted by Gasteiger charge is 2.56. The Kier molecular flexibility index (Phi) is 5.86. The molecule has 3 fully saturated rings. The van der Waals surface area contributed by atoms with Gasteiger partial charge in [-0.2, -0.15) is 0 Å². The largest absolute Gasteiger partial charge is 0.0955 e. The first-order valence-corrected chi connectivity index (χ1v) is 15.0. The summed E-state index contributed by atoms with van der Waals surface area (Å²) in [7, 11) is 0. The second-order valence-corrected chi connectivity index (χ2v) is 14.8. The normalized spacial score (nSPS) is 33.7. The molecular formula is C36H48. The molecule has 4 aliphatic carbocycles. The van der Waals surface area contributed by atoms with Crippen molar-refractivity contribution >= 4 is 28.5 Å². The number of benzene rings is 2. The minimum Gasteiger partial charge on any atom is -0.0955 e. The van der Waals surface area contributed by atoms with Gasteiger partial charge in [-0.1, -0.05) is 96.0 Å². The fraction of sp³-hybridized carbons (Fsp3) is 0.611. The lowest BCUT2D eigenvalue weighted by atomic mass is 9.66. The third-order valence-electron chi connectivity index (χ3n) is 11.3. The zero-order valence-electron chi connectivity index (χ0n) is 23.8. The maximum Gasteiger partial charge on any atom is -0.00308 e. The minimum absolute atomic E-state index is 0.283. The Morgan fingerprint density at radius 2 is 1.67 bits per heavy atom. The summed E-state index contributed by atoms with van der Waals surface area (Å²) in [6.45, 7) is 19.0. The predicted molar refractivity (Wildman–Crippen MR) is 157 cm³/mol. The molecule has 0 saturated heterocycles. The number of fused-ring (bicyclic) bond motifs is 3. The summed E-state index contributed by atoms with van der Waals surface area (Å²) in [4.78, 5) is 0. The van der Waals surface area contributed by atoms with E-state index in [0.29, 0.717) is 17.3 Å². The van der Waals surface area contributed by atoms with E-state index < -0.39 is 0 Å². The van der Waals surface area contributed by atoms with Crippen LogP contribution in [0.3, 0.4) is 0 Å². The van der Waals surface area contributed by atoms with Crippen molar-refractivity contribution in [1.82, 2.24) is 0 Å². The topological polar surface area (TPSA) is 0 Å². The number of hydrogen-bond acceptors (Lipinski definition) is 0. The Hall–Kier alpha value is -1.82. The highest BCUT2D eigenvalue weighted by Crippen LogP contribution is 2.63. The van der Waals surface area contributed by atoms with Crippen LogP contribution in [0.5, 0.6) is 0 Å². The van der Waals surface area contributed by atoms with Crippen molar-refractivity contribution in [2.75, 3.05) is 0 Å². The van der Waals surface area contributed by atoms with Crippen molar-refractivity contribution < 1.29 is 0 Å². The standard InChI is InChI=1S/C36H48/c1-22(2)28-17-15-26-21-27(35(3,4)5)20-25-14-13-24(34(28)33(25)26)18-23-12-16-30-29-10-8-9-11-31(29)36(6,7)32(30)19-23/h13-15,17-18,20,23,27,29-32H,1,8-12,16,19,21H2,2-7H3/b24-18+/t23-,27?,29?,30?,31-,32+/m1/s1. The lowest BCUT2D eigenvalue weighted by Crippen LogP contribution is -2.32. The van der Waals surface area contributed by atoms with E-state index in [1.54, 1.807) is 0 Å². The molecule has 0 heterocycles. The van der Waals surface area contributed by atoms with Crippen molar-refractivity contribution in [1.29, 1.82) is 0 Å². The Morgan fingerprint density at radius 1 is 0.917 bits per heavy atom. The zero-order chi connectivity index (χ0) is 25.4. The third-order valence-corrected chi connectivity index (χ3v) is 11.3. The molecule has 0 N–H and O–H groups in total. The van der Waals surface area contributed by atoms with E-state index in [1.165, 1.54) is 82.9 Å². The van der Waals surface area contributed by atoms with E-state index in [4.69, 9.17) is 0 Å². The van der Waals surface area contributed by atoms with Crippen LogP contribution >= 0.6 is 0 Å². The van der Waals surface area contributed by atoms with Crippen LogP contribution in [0.1, 0.15) is 97.6 Å². The summed E-state index contributed by atoms with van der Waals surface area (Å²) in [6.07, 6.45) is 16.6. The molecule has 4 aliphatic rings. The van der Waals surface area contributed by atoms with Crippen LogP contribution in [0.15, 0.2) is 30.8 Å². The summed E-state index contributed by atoms with van der Waals surface area (Å²) < 4.78 is 0. The van der Waals surface area contributed by atoms with Crippen molar-refractivity contribution in [2.45, 2.75) is 92.9 Å². The van der Waals surface area contributed by atoms with Gasteiger partial charge in [0.2, 0.25) is 0 Å². The average molecular weight is 481 g/mol. The van der Waals surface area contributed by atoms with E-state index in [2.05, 4.69) is 84.5 Å². The molecule has 3 saturated carbocycles. The second-order valence-electron chi connectivity index (χ2n) is 14.8. The van der Waals surface area contributed by atoms with E-state index in [1.807, 2.05) is 0 Å². The highest BCUT2D eigenvalue weighted by atomic mass is 14.6. The van der Waals surface area contributed by atoms with Gasteiger partial charge in [-0.25, -0.2) is 0 Å². The van der Waals surface area contributed by atoms with Crippen LogP contribution in [0.2, 0.25) is 0 Å². The summed E-state index contributed by atoms with van der Waals surface area (Å²) in [5.74, 6) is 5.17. The van der Waals surface area contributed by atoms with Crippen LogP contribution in [0.4, 0.5) is 0 Å². The SMILES string of the molecule is C=C(C)c1ccc2c3c(cc/c(=C\[C@H]4CCC5C6CCCC[C@H]6C(C)(C)[C@H]5C4)c13)=CC(C(C)(C)C)C2. The molecule has 0 nitrogen and oxygen atoms in total. The Balaban J connectivity index is 1.44. The summed E-state index contributed by atoms with van der Waals surface area (Å²) in [5.41, 5.74) is 4.88. The van der Waals surface area contributed by atoms with Gasteiger partial charge in [0.1, 0.15) is 0 Å².